The van der Waals surface area contributed by atoms with E-state index in [-0.39, 0.29) is 23.6 Å². The Morgan fingerprint density at radius 3 is 2.82 bits per heavy atom. The van der Waals surface area contributed by atoms with E-state index in [9.17, 15) is 4.79 Å². The van der Waals surface area contributed by atoms with Gasteiger partial charge in [0.2, 0.25) is 0 Å². The zero-order valence-corrected chi connectivity index (χ0v) is 16.1. The quantitative estimate of drug-likeness (QED) is 0.603. The Labute approximate surface area is 164 Å². The molecule has 1 aliphatic carbocycles. The van der Waals surface area contributed by atoms with Gasteiger partial charge in [-0.25, -0.2) is 4.79 Å². The fourth-order valence-electron chi connectivity index (χ4n) is 4.73. The molecule has 28 heavy (non-hydrogen) atoms. The highest BCUT2D eigenvalue weighted by molar-refractivity contribution is 5.89. The van der Waals surface area contributed by atoms with Crippen LogP contribution in [-0.4, -0.2) is 38.9 Å². The van der Waals surface area contributed by atoms with Crippen LogP contribution in [0.5, 0.6) is 11.5 Å². The molecule has 0 radical (unpaired) electrons. The molecule has 0 N–H and O–H groups in total. The van der Waals surface area contributed by atoms with Crippen molar-refractivity contribution in [3.8, 4) is 11.5 Å². The number of methoxy groups -OCH3 is 1. The number of rotatable bonds is 3. The molecular formula is C23H23NO4. The van der Waals surface area contributed by atoms with Crippen LogP contribution in [0, 0.1) is 0 Å². The fourth-order valence-corrected chi connectivity index (χ4v) is 4.73. The van der Waals surface area contributed by atoms with Crippen LogP contribution < -0.4 is 14.4 Å². The molecule has 1 spiro atoms. The van der Waals surface area contributed by atoms with E-state index in [1.165, 1.54) is 11.3 Å². The lowest BCUT2D eigenvalue weighted by molar-refractivity contribution is 0.0221. The molecule has 3 atom stereocenters. The smallest absolute Gasteiger partial charge is 0.338 e. The second-order valence-electron chi connectivity index (χ2n) is 7.71. The van der Waals surface area contributed by atoms with Crippen molar-refractivity contribution < 1.29 is 19.0 Å². The lowest BCUT2D eigenvalue weighted by Crippen LogP contribution is -2.47. The maximum atomic E-state index is 12.5. The third-order valence-corrected chi connectivity index (χ3v) is 6.21. The van der Waals surface area contributed by atoms with E-state index in [0.29, 0.717) is 12.0 Å². The second kappa shape index (κ2) is 6.30. The first-order valence-electron chi connectivity index (χ1n) is 9.67. The number of benzene rings is 2. The predicted octanol–water partition coefficient (Wildman–Crippen LogP) is 3.72. The first-order chi connectivity index (χ1) is 13.6. The minimum Gasteiger partial charge on any atom is -0.493 e. The zero-order chi connectivity index (χ0) is 19.3. The van der Waals surface area contributed by atoms with E-state index in [0.717, 1.165) is 24.5 Å². The van der Waals surface area contributed by atoms with Crippen molar-refractivity contribution in [1.29, 1.82) is 0 Å². The van der Waals surface area contributed by atoms with Gasteiger partial charge in [0.05, 0.1) is 18.1 Å². The number of hydrogen-bond acceptors (Lipinski definition) is 5. The second-order valence-corrected chi connectivity index (χ2v) is 7.71. The van der Waals surface area contributed by atoms with E-state index in [4.69, 9.17) is 14.2 Å². The molecule has 1 unspecified atom stereocenters. The number of esters is 1. The SMILES string of the molecule is COc1ccc2c3c1OC1C[C@@H](OC(=O)c4ccccc4)C=C[C@@]31CCN2C. The van der Waals surface area contributed by atoms with E-state index < -0.39 is 0 Å². The van der Waals surface area contributed by atoms with Gasteiger partial charge in [0.15, 0.2) is 11.5 Å². The molecule has 0 amide bonds. The summed E-state index contributed by atoms with van der Waals surface area (Å²) in [6.07, 6.45) is 5.47. The number of hydrogen-bond donors (Lipinski definition) is 0. The van der Waals surface area contributed by atoms with Crippen LogP contribution in [0.1, 0.15) is 28.8 Å². The van der Waals surface area contributed by atoms with Crippen LogP contribution in [0.4, 0.5) is 5.69 Å². The molecule has 2 aromatic carbocycles. The highest BCUT2D eigenvalue weighted by Gasteiger charge is 2.54. The van der Waals surface area contributed by atoms with Gasteiger partial charge >= 0.3 is 5.97 Å². The average Bonchev–Trinajstić information content (AvgIpc) is 3.07. The molecule has 2 aromatic rings. The van der Waals surface area contributed by atoms with E-state index in [1.807, 2.05) is 30.3 Å². The summed E-state index contributed by atoms with van der Waals surface area (Å²) in [6.45, 7) is 0.956. The van der Waals surface area contributed by atoms with Gasteiger partial charge in [-0.05, 0) is 36.8 Å². The predicted molar refractivity (Wildman–Crippen MR) is 106 cm³/mol. The van der Waals surface area contributed by atoms with Crippen LogP contribution in [0.2, 0.25) is 0 Å². The Morgan fingerprint density at radius 2 is 2.04 bits per heavy atom. The van der Waals surface area contributed by atoms with Crippen molar-refractivity contribution in [2.45, 2.75) is 30.5 Å². The summed E-state index contributed by atoms with van der Waals surface area (Å²) in [5, 5.41) is 0. The highest BCUT2D eigenvalue weighted by Crippen LogP contribution is 2.58. The number of carbonyl (C=O) groups is 1. The van der Waals surface area contributed by atoms with Gasteiger partial charge in [0.25, 0.3) is 0 Å². The van der Waals surface area contributed by atoms with Crippen molar-refractivity contribution in [2.75, 3.05) is 25.6 Å². The van der Waals surface area contributed by atoms with Gasteiger partial charge < -0.3 is 19.1 Å². The summed E-state index contributed by atoms with van der Waals surface area (Å²) in [5.74, 6) is 1.29. The number of carbonyl (C=O) groups excluding carboxylic acids is 1. The summed E-state index contributed by atoms with van der Waals surface area (Å²) >= 11 is 0. The van der Waals surface area contributed by atoms with E-state index >= 15 is 0 Å². The first kappa shape index (κ1) is 17.2. The Hall–Kier alpha value is -2.95. The molecule has 0 bridgehead atoms. The molecule has 3 aliphatic rings. The number of ether oxygens (including phenoxy) is 3. The third kappa shape index (κ3) is 2.42. The average molecular weight is 377 g/mol. The Balaban J connectivity index is 1.47. The summed E-state index contributed by atoms with van der Waals surface area (Å²) in [5.41, 5.74) is 2.78. The van der Waals surface area contributed by atoms with Crippen LogP contribution >= 0.6 is 0 Å². The summed E-state index contributed by atoms with van der Waals surface area (Å²) in [7, 11) is 3.78. The van der Waals surface area contributed by atoms with E-state index in [2.05, 4.69) is 24.1 Å². The highest BCUT2D eigenvalue weighted by atomic mass is 16.6. The van der Waals surface area contributed by atoms with Crippen LogP contribution in [0.25, 0.3) is 0 Å². The van der Waals surface area contributed by atoms with Crippen LogP contribution in [-0.2, 0) is 10.2 Å². The normalized spacial score (nSPS) is 26.9. The Bertz CT molecular complexity index is 955. The van der Waals surface area contributed by atoms with Crippen LogP contribution in [0.15, 0.2) is 54.6 Å². The van der Waals surface area contributed by atoms with Gasteiger partial charge in [0, 0.05) is 31.3 Å². The van der Waals surface area contributed by atoms with Gasteiger partial charge in [-0.1, -0.05) is 24.3 Å². The lowest BCUT2D eigenvalue weighted by Gasteiger charge is -2.42. The van der Waals surface area contributed by atoms with Crippen molar-refractivity contribution in [3.05, 3.63) is 65.7 Å². The molecule has 0 saturated heterocycles. The summed E-state index contributed by atoms with van der Waals surface area (Å²) in [4.78, 5) is 14.7. The van der Waals surface area contributed by atoms with Crippen molar-refractivity contribution in [2.24, 2.45) is 0 Å². The maximum absolute atomic E-state index is 12.5. The number of nitrogens with zero attached hydrogens (tertiary/aromatic N) is 1. The monoisotopic (exact) mass is 377 g/mol. The Morgan fingerprint density at radius 1 is 1.21 bits per heavy atom. The largest absolute Gasteiger partial charge is 0.493 e. The number of anilines is 1. The molecule has 2 aliphatic heterocycles. The van der Waals surface area contributed by atoms with E-state index in [1.54, 1.807) is 19.2 Å². The topological polar surface area (TPSA) is 48.0 Å². The molecule has 144 valence electrons. The third-order valence-electron chi connectivity index (χ3n) is 6.21. The van der Waals surface area contributed by atoms with Crippen LogP contribution in [0.3, 0.4) is 0 Å². The molecule has 5 heteroatoms. The molecule has 5 nitrogen and oxygen atoms in total. The molecule has 2 heterocycles. The van der Waals surface area contributed by atoms with Gasteiger partial charge in [-0.2, -0.15) is 0 Å². The molecule has 0 saturated carbocycles. The summed E-state index contributed by atoms with van der Waals surface area (Å²) in [6, 6.07) is 13.2. The van der Waals surface area contributed by atoms with Gasteiger partial charge in [-0.3, -0.25) is 0 Å². The van der Waals surface area contributed by atoms with Gasteiger partial charge in [-0.15, -0.1) is 0 Å². The summed E-state index contributed by atoms with van der Waals surface area (Å²) < 4.78 is 17.7. The minimum atomic E-state index is -0.302. The standard InChI is InChI=1S/C23H23NO4/c1-24-13-12-23-11-10-16(27-22(25)15-6-4-3-5-7-15)14-19(23)28-21-18(26-2)9-8-17(24)20(21)23/h3-11,16,19H,12-14H2,1-2H3/t16-,19?,23-/m0/s1. The first-order valence-corrected chi connectivity index (χ1v) is 9.67. The maximum Gasteiger partial charge on any atom is 0.338 e. The zero-order valence-electron chi connectivity index (χ0n) is 16.1. The van der Waals surface area contributed by atoms with Crippen molar-refractivity contribution >= 4 is 11.7 Å². The van der Waals surface area contributed by atoms with Crippen molar-refractivity contribution in [3.63, 3.8) is 0 Å². The molecule has 0 aromatic heterocycles. The Kier molecular flexibility index (Phi) is 3.86. The van der Waals surface area contributed by atoms with Crippen molar-refractivity contribution in [1.82, 2.24) is 0 Å². The minimum absolute atomic E-state index is 0.0650. The molecular weight excluding hydrogens is 354 g/mol. The molecule has 5 rings (SSSR count). The van der Waals surface area contributed by atoms with Gasteiger partial charge in [0.1, 0.15) is 12.2 Å². The lowest BCUT2D eigenvalue weighted by atomic mass is 9.67. The molecule has 0 fully saturated rings. The fraction of sp³-hybridized carbons (Fsp3) is 0.348.